The number of hydrogen-bond donors (Lipinski definition) is 1. The number of halogens is 1. The lowest BCUT2D eigenvalue weighted by Gasteiger charge is -2.30. The lowest BCUT2D eigenvalue weighted by Crippen LogP contribution is -2.44. The highest BCUT2D eigenvalue weighted by Gasteiger charge is 2.23. The third-order valence-electron chi connectivity index (χ3n) is 3.27. The average molecular weight is 220 g/mol. The first kappa shape index (κ1) is 12.3. The molecule has 84 valence electrons. The number of ether oxygens (including phenoxy) is 1. The van der Waals surface area contributed by atoms with E-state index < -0.39 is 0 Å². The van der Waals surface area contributed by atoms with E-state index in [9.17, 15) is 0 Å². The van der Waals surface area contributed by atoms with Gasteiger partial charge in [0.1, 0.15) is 0 Å². The van der Waals surface area contributed by atoms with Crippen molar-refractivity contribution in [3.05, 3.63) is 0 Å². The normalized spacial score (nSPS) is 26.4. The van der Waals surface area contributed by atoms with Crippen molar-refractivity contribution in [2.24, 2.45) is 5.92 Å². The summed E-state index contributed by atoms with van der Waals surface area (Å²) in [4.78, 5) is 0. The first-order valence-electron chi connectivity index (χ1n) is 5.59. The number of alkyl halides is 1. The van der Waals surface area contributed by atoms with E-state index in [0.29, 0.717) is 5.92 Å². The van der Waals surface area contributed by atoms with E-state index in [1.165, 1.54) is 6.42 Å². The second-order valence-electron chi connectivity index (χ2n) is 4.46. The van der Waals surface area contributed by atoms with Crippen molar-refractivity contribution in [2.75, 3.05) is 25.6 Å². The Morgan fingerprint density at radius 1 is 1.57 bits per heavy atom. The number of rotatable bonds is 6. The van der Waals surface area contributed by atoms with E-state index in [-0.39, 0.29) is 5.54 Å². The highest BCUT2D eigenvalue weighted by molar-refractivity contribution is 6.17. The molecule has 1 fully saturated rings. The molecule has 1 heterocycles. The zero-order chi connectivity index (χ0) is 10.4. The van der Waals surface area contributed by atoms with E-state index in [2.05, 4.69) is 19.2 Å². The van der Waals surface area contributed by atoms with Gasteiger partial charge in [-0.25, -0.2) is 0 Å². The topological polar surface area (TPSA) is 21.3 Å². The van der Waals surface area contributed by atoms with Gasteiger partial charge < -0.3 is 10.1 Å². The van der Waals surface area contributed by atoms with Gasteiger partial charge in [0.05, 0.1) is 6.61 Å². The van der Waals surface area contributed by atoms with Gasteiger partial charge in [-0.15, -0.1) is 11.6 Å². The summed E-state index contributed by atoms with van der Waals surface area (Å²) < 4.78 is 5.35. The molecule has 2 nitrogen and oxygen atoms in total. The van der Waals surface area contributed by atoms with Crippen LogP contribution in [0.5, 0.6) is 0 Å². The van der Waals surface area contributed by atoms with Crippen molar-refractivity contribution in [3.63, 3.8) is 0 Å². The van der Waals surface area contributed by atoms with E-state index >= 15 is 0 Å². The molecule has 2 atom stereocenters. The van der Waals surface area contributed by atoms with Crippen molar-refractivity contribution in [1.29, 1.82) is 0 Å². The van der Waals surface area contributed by atoms with Crippen LogP contribution in [0, 0.1) is 5.92 Å². The molecule has 0 spiro atoms. The Hall–Kier alpha value is 0.210. The summed E-state index contributed by atoms with van der Waals surface area (Å²) in [5.41, 5.74) is 0.213. The molecule has 0 aromatic carbocycles. The molecule has 1 aliphatic heterocycles. The van der Waals surface area contributed by atoms with Gasteiger partial charge in [0, 0.05) is 24.6 Å². The monoisotopic (exact) mass is 219 g/mol. The van der Waals surface area contributed by atoms with Crippen LogP contribution in [0.3, 0.4) is 0 Å². The van der Waals surface area contributed by atoms with E-state index in [0.717, 1.165) is 38.5 Å². The fourth-order valence-electron chi connectivity index (χ4n) is 1.73. The summed E-state index contributed by atoms with van der Waals surface area (Å²) in [5.74, 6) is 1.44. The Kier molecular flexibility index (Phi) is 5.21. The molecule has 1 aliphatic rings. The predicted octanol–water partition coefficient (Wildman–Crippen LogP) is 2.41. The molecular formula is C11H22ClNO. The maximum absolute atomic E-state index is 5.80. The Balaban J connectivity index is 2.25. The van der Waals surface area contributed by atoms with Crippen LogP contribution in [0.4, 0.5) is 0 Å². The molecule has 1 rings (SSSR count). The first-order valence-corrected chi connectivity index (χ1v) is 6.12. The van der Waals surface area contributed by atoms with Crippen LogP contribution in [-0.2, 0) is 4.74 Å². The van der Waals surface area contributed by atoms with Crippen LogP contribution >= 0.6 is 11.6 Å². The van der Waals surface area contributed by atoms with Crippen molar-refractivity contribution in [2.45, 2.75) is 38.6 Å². The molecule has 0 radical (unpaired) electrons. The molecule has 3 heteroatoms. The quantitative estimate of drug-likeness (QED) is 0.693. The SMILES string of the molecule is CCC(C)(CCCl)NCC1CCOC1. The van der Waals surface area contributed by atoms with E-state index in [1.54, 1.807) is 0 Å². The summed E-state index contributed by atoms with van der Waals surface area (Å²) in [6.07, 6.45) is 3.37. The average Bonchev–Trinajstić information content (AvgIpc) is 2.68. The molecule has 0 aromatic rings. The van der Waals surface area contributed by atoms with E-state index in [4.69, 9.17) is 16.3 Å². The van der Waals surface area contributed by atoms with E-state index in [1.807, 2.05) is 0 Å². The van der Waals surface area contributed by atoms with Crippen molar-refractivity contribution in [1.82, 2.24) is 5.32 Å². The Morgan fingerprint density at radius 2 is 2.36 bits per heavy atom. The van der Waals surface area contributed by atoms with Crippen molar-refractivity contribution in [3.8, 4) is 0 Å². The molecule has 1 N–H and O–H groups in total. The molecule has 0 aromatic heterocycles. The zero-order valence-electron chi connectivity index (χ0n) is 9.31. The maximum atomic E-state index is 5.80. The number of hydrogen-bond acceptors (Lipinski definition) is 2. The largest absolute Gasteiger partial charge is 0.381 e. The molecule has 0 amide bonds. The van der Waals surface area contributed by atoms with Crippen LogP contribution in [0.15, 0.2) is 0 Å². The standard InChI is InChI=1S/C11H22ClNO/c1-3-11(2,5-6-12)13-8-10-4-7-14-9-10/h10,13H,3-9H2,1-2H3. The minimum Gasteiger partial charge on any atom is -0.381 e. The summed E-state index contributed by atoms with van der Waals surface area (Å²) in [6, 6.07) is 0. The van der Waals surface area contributed by atoms with Gasteiger partial charge in [-0.3, -0.25) is 0 Å². The smallest absolute Gasteiger partial charge is 0.0507 e. The van der Waals surface area contributed by atoms with Gasteiger partial charge in [0.2, 0.25) is 0 Å². The van der Waals surface area contributed by atoms with Crippen LogP contribution < -0.4 is 5.32 Å². The van der Waals surface area contributed by atoms with Crippen molar-refractivity contribution >= 4 is 11.6 Å². The maximum Gasteiger partial charge on any atom is 0.0507 e. The fraction of sp³-hybridized carbons (Fsp3) is 1.00. The summed E-state index contributed by atoms with van der Waals surface area (Å²) in [6.45, 7) is 7.40. The molecule has 0 aliphatic carbocycles. The minimum atomic E-state index is 0.213. The van der Waals surface area contributed by atoms with Crippen LogP contribution in [-0.4, -0.2) is 31.2 Å². The van der Waals surface area contributed by atoms with Crippen LogP contribution in [0.25, 0.3) is 0 Å². The van der Waals surface area contributed by atoms with Gasteiger partial charge in [0.25, 0.3) is 0 Å². The molecule has 0 bridgehead atoms. The van der Waals surface area contributed by atoms with Gasteiger partial charge in [-0.2, -0.15) is 0 Å². The third-order valence-corrected chi connectivity index (χ3v) is 3.46. The lowest BCUT2D eigenvalue weighted by molar-refractivity contribution is 0.182. The summed E-state index contributed by atoms with van der Waals surface area (Å²) in [7, 11) is 0. The molecule has 14 heavy (non-hydrogen) atoms. The summed E-state index contributed by atoms with van der Waals surface area (Å²) in [5, 5.41) is 3.62. The van der Waals surface area contributed by atoms with Gasteiger partial charge in [-0.05, 0) is 32.1 Å². The Bertz CT molecular complexity index is 159. The number of nitrogens with one attached hydrogen (secondary N) is 1. The molecular weight excluding hydrogens is 198 g/mol. The Morgan fingerprint density at radius 3 is 2.86 bits per heavy atom. The van der Waals surface area contributed by atoms with Crippen LogP contribution in [0.2, 0.25) is 0 Å². The third kappa shape index (κ3) is 3.76. The Labute approximate surface area is 92.3 Å². The van der Waals surface area contributed by atoms with Gasteiger partial charge in [-0.1, -0.05) is 6.92 Å². The molecule has 0 saturated carbocycles. The second-order valence-corrected chi connectivity index (χ2v) is 4.84. The second kappa shape index (κ2) is 5.94. The highest BCUT2D eigenvalue weighted by Crippen LogP contribution is 2.18. The van der Waals surface area contributed by atoms with Crippen molar-refractivity contribution < 1.29 is 4.74 Å². The molecule has 2 unspecified atom stereocenters. The zero-order valence-corrected chi connectivity index (χ0v) is 10.1. The van der Waals surface area contributed by atoms with Gasteiger partial charge >= 0.3 is 0 Å². The first-order chi connectivity index (χ1) is 6.70. The highest BCUT2D eigenvalue weighted by atomic mass is 35.5. The lowest BCUT2D eigenvalue weighted by atomic mass is 9.94. The molecule has 1 saturated heterocycles. The van der Waals surface area contributed by atoms with Gasteiger partial charge in [0.15, 0.2) is 0 Å². The minimum absolute atomic E-state index is 0.213. The summed E-state index contributed by atoms with van der Waals surface area (Å²) >= 11 is 5.80. The fourth-order valence-corrected chi connectivity index (χ4v) is 2.15. The van der Waals surface area contributed by atoms with Crippen LogP contribution in [0.1, 0.15) is 33.1 Å². The predicted molar refractivity (Wildman–Crippen MR) is 61.0 cm³/mol.